The molecule has 2 nitrogen and oxygen atoms in total. The largest absolute Gasteiger partial charge is 0.310 e. The van der Waals surface area contributed by atoms with E-state index in [1.54, 1.807) is 0 Å². The van der Waals surface area contributed by atoms with Gasteiger partial charge in [0, 0.05) is 33.5 Å². The van der Waals surface area contributed by atoms with Crippen LogP contribution in [0.3, 0.4) is 0 Å². The van der Waals surface area contributed by atoms with Crippen LogP contribution < -0.4 is 9.80 Å². The quantitative estimate of drug-likeness (QED) is 0.0703. The van der Waals surface area contributed by atoms with Gasteiger partial charge in [-0.3, -0.25) is 0 Å². The molecular formula is C98H74N2. The summed E-state index contributed by atoms with van der Waals surface area (Å²) in [6.07, 6.45) is 17.6. The SMILES string of the molecule is Cc1ccc(/C=C/c2ccc(N(c3ccc(/C=C/c4ccc(C)cc4)cc3)c3ccc(-c4c5ccccc5c(-c5ccc(N(c6ccc(/C=C/c7ccc(C)cc7)cc6)c6ccc(/C=C/c7ccc(C)cc7)cc6)c6ccccc56)c5cc6ccccc6cc45)c4ccccc34)cc2)cc1. The number of fused-ring (bicyclic) bond motifs is 5. The first kappa shape index (κ1) is 62.2. The van der Waals surface area contributed by atoms with Crippen molar-refractivity contribution in [3.63, 3.8) is 0 Å². The minimum Gasteiger partial charge on any atom is -0.310 e. The van der Waals surface area contributed by atoms with E-state index < -0.39 is 0 Å². The van der Waals surface area contributed by atoms with Gasteiger partial charge in [0.25, 0.3) is 0 Å². The second kappa shape index (κ2) is 27.5. The van der Waals surface area contributed by atoms with Gasteiger partial charge in [-0.1, -0.05) is 326 Å². The maximum Gasteiger partial charge on any atom is 0.0540 e. The van der Waals surface area contributed by atoms with E-state index in [0.29, 0.717) is 0 Å². The molecule has 0 aromatic heterocycles. The fourth-order valence-electron chi connectivity index (χ4n) is 14.1. The number of nitrogens with zero attached hydrogens (tertiary/aromatic N) is 2. The average molecular weight is 1280 g/mol. The predicted octanol–water partition coefficient (Wildman–Crippen LogP) is 27.6. The van der Waals surface area contributed by atoms with Crippen molar-refractivity contribution in [2.24, 2.45) is 0 Å². The third-order valence-corrected chi connectivity index (χ3v) is 19.5. The Morgan fingerprint density at radius 2 is 0.410 bits per heavy atom. The summed E-state index contributed by atoms with van der Waals surface area (Å²) in [5.74, 6) is 0. The molecule has 0 aliphatic heterocycles. The molecule has 0 radical (unpaired) electrons. The first-order chi connectivity index (χ1) is 49.2. The third-order valence-electron chi connectivity index (χ3n) is 19.5. The Morgan fingerprint density at radius 1 is 0.190 bits per heavy atom. The van der Waals surface area contributed by atoms with E-state index in [2.05, 4.69) is 414 Å². The molecule has 0 unspecified atom stereocenters. The minimum absolute atomic E-state index is 1.07. The highest BCUT2D eigenvalue weighted by molar-refractivity contribution is 6.28. The minimum atomic E-state index is 1.07. The number of anilines is 6. The topological polar surface area (TPSA) is 6.48 Å². The molecule has 0 aliphatic carbocycles. The molecule has 0 bridgehead atoms. The molecule has 0 amide bonds. The summed E-state index contributed by atoms with van der Waals surface area (Å²) < 4.78 is 0. The van der Waals surface area contributed by atoms with Gasteiger partial charge in [0.05, 0.1) is 11.4 Å². The van der Waals surface area contributed by atoms with E-state index in [1.807, 2.05) is 0 Å². The third kappa shape index (κ3) is 12.9. The summed E-state index contributed by atoms with van der Waals surface area (Å²) in [7, 11) is 0. The maximum absolute atomic E-state index is 2.45. The Morgan fingerprint density at radius 3 is 0.670 bits per heavy atom. The molecule has 0 N–H and O–H groups in total. The Kier molecular flexibility index (Phi) is 17.1. The van der Waals surface area contributed by atoms with Gasteiger partial charge in [-0.2, -0.15) is 0 Å². The van der Waals surface area contributed by atoms with Gasteiger partial charge in [0.1, 0.15) is 0 Å². The molecule has 16 aromatic rings. The van der Waals surface area contributed by atoms with Crippen LogP contribution in [0.4, 0.5) is 34.1 Å². The molecule has 0 saturated carbocycles. The van der Waals surface area contributed by atoms with E-state index in [4.69, 9.17) is 0 Å². The second-order valence-electron chi connectivity index (χ2n) is 26.4. The molecule has 476 valence electrons. The van der Waals surface area contributed by atoms with Crippen molar-refractivity contribution in [2.75, 3.05) is 9.80 Å². The van der Waals surface area contributed by atoms with Crippen LogP contribution in [0.25, 0.3) is 125 Å². The summed E-state index contributed by atoms with van der Waals surface area (Å²) in [5.41, 5.74) is 25.5. The van der Waals surface area contributed by atoms with Crippen molar-refractivity contribution in [2.45, 2.75) is 27.7 Å². The van der Waals surface area contributed by atoms with E-state index in [1.165, 1.54) is 110 Å². The lowest BCUT2D eigenvalue weighted by Crippen LogP contribution is -2.11. The Labute approximate surface area is 587 Å². The summed E-state index contributed by atoms with van der Waals surface area (Å²) in [4.78, 5) is 4.85. The lowest BCUT2D eigenvalue weighted by Gasteiger charge is -2.28. The van der Waals surface area contributed by atoms with Gasteiger partial charge in [0.15, 0.2) is 0 Å². The predicted molar refractivity (Wildman–Crippen MR) is 435 cm³/mol. The molecule has 0 atom stereocenters. The number of hydrogen-bond acceptors (Lipinski definition) is 2. The first-order valence-electron chi connectivity index (χ1n) is 34.6. The molecule has 0 saturated heterocycles. The maximum atomic E-state index is 2.45. The zero-order chi connectivity index (χ0) is 67.5. The highest BCUT2D eigenvalue weighted by Crippen LogP contribution is 2.51. The Bertz CT molecular complexity index is 5240. The van der Waals surface area contributed by atoms with Crippen molar-refractivity contribution < 1.29 is 0 Å². The number of rotatable bonds is 16. The number of aryl methyl sites for hydroxylation is 4. The molecule has 16 aromatic carbocycles. The van der Waals surface area contributed by atoms with Crippen LogP contribution in [0.5, 0.6) is 0 Å². The summed E-state index contributed by atoms with van der Waals surface area (Å²) >= 11 is 0. The van der Waals surface area contributed by atoms with E-state index in [-0.39, 0.29) is 0 Å². The van der Waals surface area contributed by atoms with Crippen molar-refractivity contribution in [1.82, 2.24) is 0 Å². The van der Waals surface area contributed by atoms with E-state index in [9.17, 15) is 0 Å². The molecule has 2 heteroatoms. The van der Waals surface area contributed by atoms with Crippen LogP contribution in [-0.2, 0) is 0 Å². The average Bonchev–Trinajstić information content (AvgIpc) is 0.714. The summed E-state index contributed by atoms with van der Waals surface area (Å²) in [6, 6.07) is 121. The van der Waals surface area contributed by atoms with Crippen LogP contribution in [-0.4, -0.2) is 0 Å². The zero-order valence-corrected chi connectivity index (χ0v) is 56.7. The first-order valence-corrected chi connectivity index (χ1v) is 34.6. The molecule has 0 fully saturated rings. The van der Waals surface area contributed by atoms with Crippen LogP contribution in [0.15, 0.2) is 328 Å². The normalized spacial score (nSPS) is 11.8. The highest BCUT2D eigenvalue weighted by Gasteiger charge is 2.25. The van der Waals surface area contributed by atoms with Crippen molar-refractivity contribution in [3.05, 3.63) is 394 Å². The van der Waals surface area contributed by atoms with Gasteiger partial charge in [-0.05, 0) is 210 Å². The Balaban J connectivity index is 0.839. The smallest absolute Gasteiger partial charge is 0.0540 e. The van der Waals surface area contributed by atoms with Gasteiger partial charge in [-0.15, -0.1) is 0 Å². The van der Waals surface area contributed by atoms with Gasteiger partial charge in [-0.25, -0.2) is 0 Å². The van der Waals surface area contributed by atoms with Crippen LogP contribution >= 0.6 is 0 Å². The van der Waals surface area contributed by atoms with Crippen molar-refractivity contribution in [3.8, 4) is 22.3 Å². The van der Waals surface area contributed by atoms with E-state index >= 15 is 0 Å². The monoisotopic (exact) mass is 1280 g/mol. The molecule has 0 heterocycles. The lowest BCUT2D eigenvalue weighted by atomic mass is 9.82. The van der Waals surface area contributed by atoms with Crippen molar-refractivity contribution >= 4 is 137 Å². The zero-order valence-electron chi connectivity index (χ0n) is 56.7. The molecule has 0 aliphatic rings. The summed E-state index contributed by atoms with van der Waals surface area (Å²) in [5, 5.41) is 11.8. The Hall–Kier alpha value is -12.6. The molecule has 100 heavy (non-hydrogen) atoms. The fraction of sp³-hybridized carbons (Fsp3) is 0.0408. The van der Waals surface area contributed by atoms with Crippen LogP contribution in [0, 0.1) is 27.7 Å². The molecule has 0 spiro atoms. The van der Waals surface area contributed by atoms with Gasteiger partial charge < -0.3 is 9.80 Å². The number of hydrogen-bond donors (Lipinski definition) is 0. The fourth-order valence-corrected chi connectivity index (χ4v) is 14.1. The summed E-state index contributed by atoms with van der Waals surface area (Å²) in [6.45, 7) is 8.52. The lowest BCUT2D eigenvalue weighted by molar-refractivity contribution is 1.29. The van der Waals surface area contributed by atoms with Crippen LogP contribution in [0.1, 0.15) is 66.8 Å². The molecular weight excluding hydrogens is 1210 g/mol. The van der Waals surface area contributed by atoms with Crippen LogP contribution in [0.2, 0.25) is 0 Å². The second-order valence-corrected chi connectivity index (χ2v) is 26.4. The number of benzene rings is 16. The standard InChI is InChI=1S/C98H74N2/c1-67-21-29-71(30-22-67)37-41-75-45-53-81(54-46-75)99(82-55-47-76(48-56-82)42-38-72-31-23-68(2)24-32-72)95-63-61-91(85-15-7-9-17-87(85)95)97-89-19-11-12-20-90(89)98(94-66-80-14-6-5-13-79(80)65-93(94)97)92-62-64-96(88-18-10-8-16-86(88)92)100(83-57-49-77(50-58-83)43-39-73-33-25-69(3)26-34-73)84-59-51-78(52-60-84)44-40-74-35-27-70(4)28-36-74/h5-66H,1-4H3/b41-37+,42-38+,43-39+,44-40+. The van der Waals surface area contributed by atoms with E-state index in [0.717, 1.165) is 67.2 Å². The van der Waals surface area contributed by atoms with Gasteiger partial charge in [0.2, 0.25) is 0 Å². The highest BCUT2D eigenvalue weighted by atomic mass is 15.1. The van der Waals surface area contributed by atoms with Gasteiger partial charge >= 0.3 is 0 Å². The van der Waals surface area contributed by atoms with Crippen molar-refractivity contribution in [1.29, 1.82) is 0 Å². The molecule has 16 rings (SSSR count).